The lowest BCUT2D eigenvalue weighted by Crippen LogP contribution is -2.50. The number of benzene rings is 2. The Morgan fingerprint density at radius 1 is 1.18 bits per heavy atom. The lowest BCUT2D eigenvalue weighted by Gasteiger charge is -2.29. The van der Waals surface area contributed by atoms with Crippen molar-refractivity contribution in [1.29, 1.82) is 0 Å². The number of aromatic nitrogens is 2. The van der Waals surface area contributed by atoms with E-state index in [1.807, 2.05) is 38.1 Å². The molecule has 0 bridgehead atoms. The highest BCUT2D eigenvalue weighted by molar-refractivity contribution is 5.87. The molecule has 3 heterocycles. The second-order valence-corrected chi connectivity index (χ2v) is 8.22. The maximum atomic E-state index is 13.2. The SMILES string of the molecule is CC(C)Oc1ccc(-c2noc(CN3N=CN4NC(c5ccc(F)cc5)CC4C3=O)n2)cc1. The van der Waals surface area contributed by atoms with E-state index in [4.69, 9.17) is 9.26 Å². The molecular formula is C23H23FN6O3. The van der Waals surface area contributed by atoms with Crippen LogP contribution in [0.25, 0.3) is 11.4 Å². The molecule has 2 atom stereocenters. The van der Waals surface area contributed by atoms with Crippen molar-refractivity contribution in [2.75, 3.05) is 0 Å². The van der Waals surface area contributed by atoms with Crippen LogP contribution in [0.1, 0.15) is 37.8 Å². The fourth-order valence-corrected chi connectivity index (χ4v) is 3.88. The molecule has 0 radical (unpaired) electrons. The van der Waals surface area contributed by atoms with Crippen LogP contribution in [0.3, 0.4) is 0 Å². The van der Waals surface area contributed by atoms with E-state index in [1.54, 1.807) is 23.5 Å². The number of carbonyl (C=O) groups is 1. The largest absolute Gasteiger partial charge is 0.491 e. The van der Waals surface area contributed by atoms with Crippen molar-refractivity contribution in [2.24, 2.45) is 5.10 Å². The van der Waals surface area contributed by atoms with Crippen molar-refractivity contribution < 1.29 is 18.4 Å². The summed E-state index contributed by atoms with van der Waals surface area (Å²) in [6, 6.07) is 13.1. The number of nitrogens with zero attached hydrogens (tertiary/aromatic N) is 5. The Labute approximate surface area is 189 Å². The first kappa shape index (κ1) is 21.1. The number of hydrazone groups is 1. The van der Waals surface area contributed by atoms with Crippen LogP contribution in [0.2, 0.25) is 0 Å². The van der Waals surface area contributed by atoms with Crippen molar-refractivity contribution in [3.8, 4) is 17.1 Å². The average molecular weight is 450 g/mol. The number of fused-ring (bicyclic) bond motifs is 1. The fraction of sp³-hybridized carbons (Fsp3) is 0.304. The van der Waals surface area contributed by atoms with Gasteiger partial charge in [-0.25, -0.2) is 14.8 Å². The number of ether oxygens (including phenoxy) is 1. The Morgan fingerprint density at radius 3 is 2.67 bits per heavy atom. The summed E-state index contributed by atoms with van der Waals surface area (Å²) in [5.41, 5.74) is 4.93. The van der Waals surface area contributed by atoms with Gasteiger partial charge in [0.2, 0.25) is 11.7 Å². The van der Waals surface area contributed by atoms with Gasteiger partial charge in [0.15, 0.2) is 0 Å². The van der Waals surface area contributed by atoms with Gasteiger partial charge in [-0.15, -0.1) is 0 Å². The van der Waals surface area contributed by atoms with Crippen molar-refractivity contribution in [1.82, 2.24) is 25.6 Å². The zero-order valence-electron chi connectivity index (χ0n) is 18.2. The molecule has 0 aliphatic carbocycles. The number of halogens is 1. The third kappa shape index (κ3) is 4.42. The van der Waals surface area contributed by atoms with Gasteiger partial charge in [-0.3, -0.25) is 9.80 Å². The number of rotatable bonds is 6. The molecule has 1 fully saturated rings. The van der Waals surface area contributed by atoms with E-state index >= 15 is 0 Å². The molecule has 1 saturated heterocycles. The number of hydrazine groups is 1. The Balaban J connectivity index is 1.24. The van der Waals surface area contributed by atoms with E-state index in [9.17, 15) is 9.18 Å². The minimum absolute atomic E-state index is 0.0719. The van der Waals surface area contributed by atoms with Gasteiger partial charge in [0.1, 0.15) is 30.5 Å². The van der Waals surface area contributed by atoms with E-state index in [1.165, 1.54) is 17.1 Å². The molecule has 9 nitrogen and oxygen atoms in total. The van der Waals surface area contributed by atoms with E-state index in [0.29, 0.717) is 12.2 Å². The highest BCUT2D eigenvalue weighted by Gasteiger charge is 2.41. The molecule has 2 aliphatic rings. The van der Waals surface area contributed by atoms with Gasteiger partial charge in [-0.05, 0) is 62.2 Å². The molecule has 1 aromatic heterocycles. The van der Waals surface area contributed by atoms with Gasteiger partial charge >= 0.3 is 0 Å². The first-order valence-corrected chi connectivity index (χ1v) is 10.7. The minimum Gasteiger partial charge on any atom is -0.491 e. The first-order valence-electron chi connectivity index (χ1n) is 10.7. The van der Waals surface area contributed by atoms with Crippen LogP contribution in [0, 0.1) is 5.82 Å². The summed E-state index contributed by atoms with van der Waals surface area (Å²) in [6.07, 6.45) is 2.19. The zero-order chi connectivity index (χ0) is 22.9. The molecule has 2 aromatic carbocycles. The maximum Gasteiger partial charge on any atom is 0.267 e. The molecule has 1 amide bonds. The number of carbonyl (C=O) groups excluding carboxylic acids is 1. The third-order valence-electron chi connectivity index (χ3n) is 5.46. The van der Waals surface area contributed by atoms with Crippen molar-refractivity contribution in [2.45, 2.75) is 45.0 Å². The molecule has 33 heavy (non-hydrogen) atoms. The van der Waals surface area contributed by atoms with Crippen LogP contribution in [0.5, 0.6) is 5.75 Å². The minimum atomic E-state index is -0.423. The van der Waals surface area contributed by atoms with E-state index in [-0.39, 0.29) is 36.3 Å². The lowest BCUT2D eigenvalue weighted by molar-refractivity contribution is -0.137. The number of hydrogen-bond donors (Lipinski definition) is 1. The summed E-state index contributed by atoms with van der Waals surface area (Å²) in [4.78, 5) is 17.4. The second kappa shape index (κ2) is 8.62. The van der Waals surface area contributed by atoms with Crippen LogP contribution < -0.4 is 10.2 Å². The summed E-state index contributed by atoms with van der Waals surface area (Å²) in [6.45, 7) is 4.00. The summed E-state index contributed by atoms with van der Waals surface area (Å²) >= 11 is 0. The summed E-state index contributed by atoms with van der Waals surface area (Å²) in [5.74, 6) is 1.00. The molecule has 5 rings (SSSR count). The van der Waals surface area contributed by atoms with E-state index in [0.717, 1.165) is 16.9 Å². The van der Waals surface area contributed by atoms with Gasteiger partial charge in [0.25, 0.3) is 5.91 Å². The second-order valence-electron chi connectivity index (χ2n) is 8.22. The van der Waals surface area contributed by atoms with E-state index < -0.39 is 6.04 Å². The van der Waals surface area contributed by atoms with Crippen molar-refractivity contribution >= 4 is 12.2 Å². The molecule has 0 spiro atoms. The molecule has 170 valence electrons. The Morgan fingerprint density at radius 2 is 1.94 bits per heavy atom. The third-order valence-corrected chi connectivity index (χ3v) is 5.46. The highest BCUT2D eigenvalue weighted by atomic mass is 19.1. The molecule has 2 unspecified atom stereocenters. The standard InChI is InChI=1S/C23H23FN6O3/c1-14(2)32-18-9-5-16(6-10-18)22-26-21(33-28-22)12-29-23(31)20-11-19(27-30(20)13-25-29)15-3-7-17(24)8-4-15/h3-10,13-14,19-20,27H,11-12H2,1-2H3. The Kier molecular flexibility index (Phi) is 5.51. The van der Waals surface area contributed by atoms with Crippen molar-refractivity contribution in [3.63, 3.8) is 0 Å². The highest BCUT2D eigenvalue weighted by Crippen LogP contribution is 2.30. The Hall–Kier alpha value is -3.79. The topological polar surface area (TPSA) is 96.1 Å². The predicted molar refractivity (Wildman–Crippen MR) is 117 cm³/mol. The zero-order valence-corrected chi connectivity index (χ0v) is 18.2. The summed E-state index contributed by atoms with van der Waals surface area (Å²) in [5, 5.41) is 11.3. The molecule has 1 N–H and O–H groups in total. The lowest BCUT2D eigenvalue weighted by atomic mass is 10.0. The quantitative estimate of drug-likeness (QED) is 0.616. The Bertz CT molecular complexity index is 1160. The van der Waals surface area contributed by atoms with Gasteiger partial charge in [0, 0.05) is 5.56 Å². The molecule has 2 aliphatic heterocycles. The monoisotopic (exact) mass is 450 g/mol. The van der Waals surface area contributed by atoms with Crippen LogP contribution in [0.4, 0.5) is 4.39 Å². The fourth-order valence-electron chi connectivity index (χ4n) is 3.88. The van der Waals surface area contributed by atoms with Gasteiger partial charge in [-0.1, -0.05) is 17.3 Å². The van der Waals surface area contributed by atoms with Crippen LogP contribution >= 0.6 is 0 Å². The normalized spacial score (nSPS) is 19.9. The van der Waals surface area contributed by atoms with Crippen LogP contribution in [0.15, 0.2) is 58.2 Å². The number of amides is 1. The molecular weight excluding hydrogens is 427 g/mol. The summed E-state index contributed by atoms with van der Waals surface area (Å²) in [7, 11) is 0. The molecule has 0 saturated carbocycles. The molecule has 3 aromatic rings. The smallest absolute Gasteiger partial charge is 0.267 e. The maximum absolute atomic E-state index is 13.2. The van der Waals surface area contributed by atoms with Gasteiger partial charge < -0.3 is 9.26 Å². The van der Waals surface area contributed by atoms with E-state index in [2.05, 4.69) is 20.7 Å². The first-order chi connectivity index (χ1) is 16.0. The van der Waals surface area contributed by atoms with Crippen molar-refractivity contribution in [3.05, 3.63) is 65.8 Å². The van der Waals surface area contributed by atoms with Crippen LogP contribution in [-0.4, -0.2) is 44.5 Å². The number of nitrogens with one attached hydrogen (secondary N) is 1. The van der Waals surface area contributed by atoms with Gasteiger partial charge in [-0.2, -0.15) is 10.1 Å². The average Bonchev–Trinajstić information content (AvgIpc) is 3.44. The summed E-state index contributed by atoms with van der Waals surface area (Å²) < 4.78 is 24.2. The predicted octanol–water partition coefficient (Wildman–Crippen LogP) is 3.27. The molecule has 10 heteroatoms. The van der Waals surface area contributed by atoms with Crippen LogP contribution in [-0.2, 0) is 11.3 Å². The van der Waals surface area contributed by atoms with Gasteiger partial charge in [0.05, 0.1) is 12.1 Å². The number of hydrogen-bond acceptors (Lipinski definition) is 8.